The number of aryl methyl sites for hydroxylation is 1. The van der Waals surface area contributed by atoms with Crippen LogP contribution in [0.5, 0.6) is 0 Å². The van der Waals surface area contributed by atoms with Gasteiger partial charge in [0.05, 0.1) is 12.0 Å². The molecule has 3 N–H and O–H groups in total. The molecule has 0 bridgehead atoms. The molecule has 3 amide bonds. The van der Waals surface area contributed by atoms with Gasteiger partial charge < -0.3 is 10.6 Å². The second kappa shape index (κ2) is 12.3. The summed E-state index contributed by atoms with van der Waals surface area (Å²) in [5, 5.41) is 15.8. The molecule has 0 saturated carbocycles. The lowest BCUT2D eigenvalue weighted by Crippen LogP contribution is -2.56. The molecule has 30 heavy (non-hydrogen) atoms. The molecule has 0 aliphatic heterocycles. The zero-order valence-corrected chi connectivity index (χ0v) is 18.9. The average Bonchev–Trinajstić information content (AvgIpc) is 2.72. The van der Waals surface area contributed by atoms with Crippen molar-refractivity contribution in [3.63, 3.8) is 0 Å². The number of rotatable bonds is 12. The van der Waals surface area contributed by atoms with Gasteiger partial charge in [0.1, 0.15) is 6.04 Å². The molecule has 0 aromatic heterocycles. The molecule has 1 rings (SSSR count). The van der Waals surface area contributed by atoms with Crippen molar-refractivity contribution in [3.05, 3.63) is 35.9 Å². The van der Waals surface area contributed by atoms with E-state index in [1.165, 1.54) is 12.6 Å². The third kappa shape index (κ3) is 8.14. The van der Waals surface area contributed by atoms with Gasteiger partial charge in [0.15, 0.2) is 0 Å². The van der Waals surface area contributed by atoms with E-state index in [2.05, 4.69) is 22.8 Å². The summed E-state index contributed by atoms with van der Waals surface area (Å²) in [6, 6.07) is 8.81. The highest BCUT2D eigenvalue weighted by atomic mass is 16.5. The van der Waals surface area contributed by atoms with Gasteiger partial charge in [-0.25, -0.2) is 5.06 Å². The average molecular weight is 420 g/mol. The highest BCUT2D eigenvalue weighted by Gasteiger charge is 2.36. The van der Waals surface area contributed by atoms with Gasteiger partial charge in [-0.2, -0.15) is 0 Å². The van der Waals surface area contributed by atoms with Crippen LogP contribution in [0.1, 0.15) is 58.9 Å². The molecule has 3 atom stereocenters. The fraction of sp³-hybridized carbons (Fsp3) is 0.609. The Morgan fingerprint density at radius 1 is 1.10 bits per heavy atom. The number of hydroxylamine groups is 2. The number of nitrogens with one attached hydrogen (secondary N) is 2. The predicted octanol–water partition coefficient (Wildman–Crippen LogP) is 2.92. The van der Waals surface area contributed by atoms with E-state index >= 15 is 0 Å². The van der Waals surface area contributed by atoms with Crippen molar-refractivity contribution in [1.29, 1.82) is 0 Å². The van der Waals surface area contributed by atoms with Crippen LogP contribution < -0.4 is 10.6 Å². The highest BCUT2D eigenvalue weighted by molar-refractivity contribution is 5.89. The first-order valence-electron chi connectivity index (χ1n) is 10.6. The summed E-state index contributed by atoms with van der Waals surface area (Å²) in [6.45, 7) is 7.26. The zero-order chi connectivity index (χ0) is 22.7. The van der Waals surface area contributed by atoms with Crippen molar-refractivity contribution in [2.75, 3.05) is 7.05 Å². The minimum absolute atomic E-state index is 0.277. The maximum atomic E-state index is 13.0. The lowest BCUT2D eigenvalue weighted by atomic mass is 9.85. The Bertz CT molecular complexity index is 673. The van der Waals surface area contributed by atoms with Gasteiger partial charge >= 0.3 is 0 Å². The second-order valence-electron chi connectivity index (χ2n) is 8.84. The van der Waals surface area contributed by atoms with E-state index in [0.717, 1.165) is 25.7 Å². The van der Waals surface area contributed by atoms with Gasteiger partial charge in [-0.3, -0.25) is 19.6 Å². The maximum Gasteiger partial charge on any atom is 0.242 e. The van der Waals surface area contributed by atoms with Gasteiger partial charge in [0, 0.05) is 7.05 Å². The van der Waals surface area contributed by atoms with Gasteiger partial charge in [0.25, 0.3) is 0 Å². The number of nitrogens with zero attached hydrogens (tertiary/aromatic N) is 1. The first-order chi connectivity index (χ1) is 14.1. The van der Waals surface area contributed by atoms with Crippen LogP contribution in [0.3, 0.4) is 0 Å². The summed E-state index contributed by atoms with van der Waals surface area (Å²) < 4.78 is 0. The van der Waals surface area contributed by atoms with Crippen LogP contribution in [0.25, 0.3) is 0 Å². The molecule has 0 unspecified atom stereocenters. The number of unbranched alkanes of at least 4 members (excludes halogenated alkanes) is 2. The Hall–Kier alpha value is -2.41. The van der Waals surface area contributed by atoms with E-state index < -0.39 is 23.4 Å². The Kier molecular flexibility index (Phi) is 10.5. The Morgan fingerprint density at radius 3 is 2.27 bits per heavy atom. The maximum absolute atomic E-state index is 13.0. The fourth-order valence-corrected chi connectivity index (χ4v) is 3.46. The van der Waals surface area contributed by atoms with Gasteiger partial charge in [-0.1, -0.05) is 63.9 Å². The molecule has 0 saturated heterocycles. The molecule has 168 valence electrons. The van der Waals surface area contributed by atoms with Crippen LogP contribution in [0.4, 0.5) is 0 Å². The summed E-state index contributed by atoms with van der Waals surface area (Å²) in [7, 11) is 1.53. The van der Waals surface area contributed by atoms with E-state index in [9.17, 15) is 19.6 Å². The van der Waals surface area contributed by atoms with E-state index in [-0.39, 0.29) is 11.8 Å². The SMILES string of the molecule is CNC(=O)[C@@H](NC(=O)[C@H](CCCCCc1ccccc1)[C@H](C)N(O)C=O)C(C)(C)C. The van der Waals surface area contributed by atoms with Gasteiger partial charge in [-0.05, 0) is 37.2 Å². The minimum Gasteiger partial charge on any atom is -0.357 e. The van der Waals surface area contributed by atoms with Crippen molar-refractivity contribution in [1.82, 2.24) is 15.7 Å². The number of carbonyl (C=O) groups excluding carboxylic acids is 3. The molecule has 0 radical (unpaired) electrons. The van der Waals surface area contributed by atoms with Crippen molar-refractivity contribution in [2.24, 2.45) is 11.3 Å². The van der Waals surface area contributed by atoms with Gasteiger partial charge in [-0.15, -0.1) is 0 Å². The molecule has 0 spiro atoms. The Labute approximate surface area is 180 Å². The summed E-state index contributed by atoms with van der Waals surface area (Å²) in [5.41, 5.74) is 0.796. The number of amides is 3. The molecule has 0 heterocycles. The lowest BCUT2D eigenvalue weighted by Gasteiger charge is -2.33. The summed E-state index contributed by atoms with van der Waals surface area (Å²) in [5.74, 6) is -1.23. The quantitative estimate of drug-likeness (QED) is 0.210. The number of hydrogen-bond donors (Lipinski definition) is 3. The van der Waals surface area contributed by atoms with Crippen LogP contribution in [0.2, 0.25) is 0 Å². The van der Waals surface area contributed by atoms with Crippen LogP contribution in [-0.4, -0.2) is 47.6 Å². The van der Waals surface area contributed by atoms with Crippen molar-refractivity contribution < 1.29 is 19.6 Å². The summed E-state index contributed by atoms with van der Waals surface area (Å²) in [6.07, 6.45) is 4.48. The van der Waals surface area contributed by atoms with E-state index in [1.54, 1.807) is 6.92 Å². The van der Waals surface area contributed by atoms with Crippen LogP contribution in [-0.2, 0) is 20.8 Å². The summed E-state index contributed by atoms with van der Waals surface area (Å²) >= 11 is 0. The molecule has 1 aromatic rings. The topological polar surface area (TPSA) is 98.7 Å². The molecule has 0 aliphatic carbocycles. The van der Waals surface area contributed by atoms with E-state index in [0.29, 0.717) is 17.9 Å². The largest absolute Gasteiger partial charge is 0.357 e. The molecular weight excluding hydrogens is 382 g/mol. The molecular formula is C23H37N3O4. The first-order valence-corrected chi connectivity index (χ1v) is 10.6. The molecule has 7 heteroatoms. The van der Waals surface area contributed by atoms with Crippen LogP contribution >= 0.6 is 0 Å². The first kappa shape index (κ1) is 25.6. The smallest absolute Gasteiger partial charge is 0.242 e. The Balaban J connectivity index is 2.75. The standard InChI is InChI=1S/C23H37N3O4/c1-17(26(30)16-27)19(15-11-7-10-14-18-12-8-6-9-13-18)21(28)25-20(22(29)24-5)23(2,3)4/h6,8-9,12-13,16-17,19-20,30H,7,10-11,14-15H2,1-5H3,(H,24,29)(H,25,28)/t17-,19+,20+/m0/s1. The molecule has 0 fully saturated rings. The number of hydrogen-bond acceptors (Lipinski definition) is 4. The van der Waals surface area contributed by atoms with Crippen molar-refractivity contribution in [2.45, 2.75) is 71.9 Å². The molecule has 0 aliphatic rings. The Morgan fingerprint density at radius 2 is 1.73 bits per heavy atom. The molecule has 7 nitrogen and oxygen atoms in total. The van der Waals surface area contributed by atoms with Gasteiger partial charge in [0.2, 0.25) is 18.2 Å². The normalized spacial score (nSPS) is 14.3. The number of benzene rings is 1. The minimum atomic E-state index is -0.717. The number of likely N-dealkylation sites (N-methyl/N-ethyl adjacent to an activating group) is 1. The molecule has 1 aromatic carbocycles. The monoisotopic (exact) mass is 419 g/mol. The third-order valence-electron chi connectivity index (χ3n) is 5.43. The van der Waals surface area contributed by atoms with Crippen LogP contribution in [0, 0.1) is 11.3 Å². The predicted molar refractivity (Wildman–Crippen MR) is 117 cm³/mol. The van der Waals surface area contributed by atoms with Crippen molar-refractivity contribution >= 4 is 18.2 Å². The lowest BCUT2D eigenvalue weighted by molar-refractivity contribution is -0.166. The van der Waals surface area contributed by atoms with Crippen LogP contribution in [0.15, 0.2) is 30.3 Å². The van der Waals surface area contributed by atoms with Crippen molar-refractivity contribution in [3.8, 4) is 0 Å². The zero-order valence-electron chi connectivity index (χ0n) is 18.9. The second-order valence-corrected chi connectivity index (χ2v) is 8.84. The third-order valence-corrected chi connectivity index (χ3v) is 5.43. The highest BCUT2D eigenvalue weighted by Crippen LogP contribution is 2.23. The number of carbonyl (C=O) groups is 3. The van der Waals surface area contributed by atoms with E-state index in [4.69, 9.17) is 0 Å². The van der Waals surface area contributed by atoms with E-state index in [1.807, 2.05) is 39.0 Å². The summed E-state index contributed by atoms with van der Waals surface area (Å²) in [4.78, 5) is 36.3. The fourth-order valence-electron chi connectivity index (χ4n) is 3.46.